The highest BCUT2D eigenvalue weighted by molar-refractivity contribution is 6.74. The van der Waals surface area contributed by atoms with Gasteiger partial charge in [0.1, 0.15) is 30.0 Å². The zero-order chi connectivity index (χ0) is 26.8. The van der Waals surface area contributed by atoms with E-state index in [4.69, 9.17) is 23.4 Å². The van der Waals surface area contributed by atoms with Crippen molar-refractivity contribution in [1.29, 1.82) is 0 Å². The van der Waals surface area contributed by atoms with Gasteiger partial charge < -0.3 is 28.5 Å². The first-order valence-corrected chi connectivity index (χ1v) is 15.9. The molecule has 2 aliphatic carbocycles. The summed E-state index contributed by atoms with van der Waals surface area (Å²) in [5.41, 5.74) is -2.97. The average Bonchev–Trinajstić information content (AvgIpc) is 3.07. The maximum Gasteiger partial charge on any atom is 0.326 e. The van der Waals surface area contributed by atoms with Gasteiger partial charge in [-0.05, 0) is 43.6 Å². The van der Waals surface area contributed by atoms with Crippen LogP contribution in [0.5, 0.6) is 0 Å². The van der Waals surface area contributed by atoms with E-state index in [2.05, 4.69) is 33.9 Å². The van der Waals surface area contributed by atoms with Crippen molar-refractivity contribution in [2.24, 2.45) is 11.3 Å². The molecule has 1 aromatic rings. The molecular formula is C28H36O8Si. The summed E-state index contributed by atoms with van der Waals surface area (Å²) < 4.78 is 32.4. The Morgan fingerprint density at radius 1 is 1.14 bits per heavy atom. The lowest BCUT2D eigenvalue weighted by Crippen LogP contribution is -2.75. The van der Waals surface area contributed by atoms with Crippen LogP contribution in [0.25, 0.3) is 0 Å². The number of aliphatic hydroxyl groups excluding tert-OH is 1. The molecule has 5 aliphatic rings. The molecule has 9 heteroatoms. The van der Waals surface area contributed by atoms with E-state index in [-0.39, 0.29) is 11.6 Å². The van der Waals surface area contributed by atoms with Gasteiger partial charge in [-0.1, -0.05) is 51.1 Å². The van der Waals surface area contributed by atoms with Crippen LogP contribution in [-0.2, 0) is 33.0 Å². The molecular weight excluding hydrogens is 492 g/mol. The van der Waals surface area contributed by atoms with Gasteiger partial charge in [0.2, 0.25) is 0 Å². The monoisotopic (exact) mass is 528 g/mol. The third-order valence-corrected chi connectivity index (χ3v) is 14.2. The number of esters is 1. The molecule has 3 aliphatic heterocycles. The Kier molecular flexibility index (Phi) is 5.22. The van der Waals surface area contributed by atoms with Crippen LogP contribution in [0.4, 0.5) is 0 Å². The molecule has 6 bridgehead atoms. The van der Waals surface area contributed by atoms with Crippen LogP contribution in [0.2, 0.25) is 18.1 Å². The van der Waals surface area contributed by atoms with E-state index < -0.39 is 73.3 Å². The maximum absolute atomic E-state index is 14.3. The van der Waals surface area contributed by atoms with Crippen molar-refractivity contribution in [3.05, 3.63) is 47.5 Å². The average molecular weight is 529 g/mol. The Hall–Kier alpha value is -1.88. The van der Waals surface area contributed by atoms with E-state index in [1.54, 1.807) is 0 Å². The molecule has 1 aromatic carbocycles. The summed E-state index contributed by atoms with van der Waals surface area (Å²) in [5, 5.41) is 11.4. The number of carbonyl (C=O) groups is 2. The van der Waals surface area contributed by atoms with Gasteiger partial charge in [0.15, 0.2) is 25.8 Å². The lowest BCUT2D eigenvalue weighted by atomic mass is 9.51. The van der Waals surface area contributed by atoms with E-state index in [0.29, 0.717) is 5.57 Å². The molecule has 9 atom stereocenters. The van der Waals surface area contributed by atoms with E-state index in [1.165, 1.54) is 0 Å². The second kappa shape index (κ2) is 7.61. The number of benzene rings is 1. The highest BCUT2D eigenvalue weighted by Crippen LogP contribution is 2.69. The van der Waals surface area contributed by atoms with Gasteiger partial charge in [0.25, 0.3) is 0 Å². The largest absolute Gasteiger partial charge is 0.454 e. The predicted octanol–water partition coefficient (Wildman–Crippen LogP) is 3.45. The van der Waals surface area contributed by atoms with Crippen LogP contribution in [-0.4, -0.2) is 67.4 Å². The van der Waals surface area contributed by atoms with Gasteiger partial charge in [0, 0.05) is 5.56 Å². The summed E-state index contributed by atoms with van der Waals surface area (Å²) in [7, 11) is -2.50. The second-order valence-electron chi connectivity index (χ2n) is 12.9. The third-order valence-electron chi connectivity index (χ3n) is 9.79. The number of ether oxygens (including phenoxy) is 4. The van der Waals surface area contributed by atoms with Crippen LogP contribution >= 0.6 is 0 Å². The number of rotatable bonds is 3. The Morgan fingerprint density at radius 2 is 1.81 bits per heavy atom. The summed E-state index contributed by atoms with van der Waals surface area (Å²) >= 11 is 0. The molecule has 6 rings (SSSR count). The molecule has 0 radical (unpaired) electrons. The number of Topliss-reactive ketones (excluding diaryl/α,β-unsaturated/α-hetero) is 1. The van der Waals surface area contributed by atoms with Gasteiger partial charge in [0.05, 0.1) is 18.1 Å². The molecule has 200 valence electrons. The van der Waals surface area contributed by atoms with Gasteiger partial charge in [-0.3, -0.25) is 9.59 Å². The number of ketones is 1. The van der Waals surface area contributed by atoms with Crippen LogP contribution in [0, 0.1) is 11.3 Å². The minimum absolute atomic E-state index is 0.0788. The van der Waals surface area contributed by atoms with Gasteiger partial charge in [-0.25, -0.2) is 0 Å². The standard InChI is InChI=1S/C28H36O8Si/c1-15-13-17-21(35-37(6,7)25(2,3)4)27(24(31)33-17)20(30)19(29)18-22-28(15,27)36-26(18,5)14-32-23(34-22)16-11-9-8-10-12-16/h8-13,17-19,21-23,29H,14H2,1-7H3/t17-,18+,19+,21-,22+,23+,26-,27+,28+/m0/s1. The van der Waals surface area contributed by atoms with Gasteiger partial charge in [-0.15, -0.1) is 0 Å². The Morgan fingerprint density at radius 3 is 2.46 bits per heavy atom. The van der Waals surface area contributed by atoms with Crippen molar-refractivity contribution in [3.63, 3.8) is 0 Å². The van der Waals surface area contributed by atoms with Crippen molar-refractivity contribution in [3.8, 4) is 0 Å². The summed E-state index contributed by atoms with van der Waals surface area (Å²) in [6.07, 6.45) is -2.93. The lowest BCUT2D eigenvalue weighted by Gasteiger charge is -2.55. The predicted molar refractivity (Wildman–Crippen MR) is 135 cm³/mol. The molecule has 3 heterocycles. The number of aliphatic hydroxyl groups is 1. The Labute approximate surface area is 218 Å². The van der Waals surface area contributed by atoms with Crippen molar-refractivity contribution in [2.75, 3.05) is 6.61 Å². The van der Waals surface area contributed by atoms with E-state index in [1.807, 2.05) is 50.3 Å². The first-order valence-electron chi connectivity index (χ1n) is 13.0. The fraction of sp³-hybridized carbons (Fsp3) is 0.643. The van der Waals surface area contributed by atoms with Crippen molar-refractivity contribution in [1.82, 2.24) is 0 Å². The van der Waals surface area contributed by atoms with E-state index >= 15 is 0 Å². The molecule has 8 nitrogen and oxygen atoms in total. The molecule has 0 amide bonds. The zero-order valence-electron chi connectivity index (χ0n) is 22.4. The summed E-state index contributed by atoms with van der Waals surface area (Å²) in [6.45, 7) is 14.2. The molecule has 2 spiro atoms. The minimum atomic E-state index is -2.50. The van der Waals surface area contributed by atoms with Crippen molar-refractivity contribution in [2.45, 2.75) is 94.7 Å². The van der Waals surface area contributed by atoms with E-state index in [9.17, 15) is 14.7 Å². The minimum Gasteiger partial charge on any atom is -0.454 e. The zero-order valence-corrected chi connectivity index (χ0v) is 23.4. The van der Waals surface area contributed by atoms with E-state index in [0.717, 1.165) is 5.56 Å². The smallest absolute Gasteiger partial charge is 0.326 e. The van der Waals surface area contributed by atoms with Gasteiger partial charge in [-0.2, -0.15) is 0 Å². The Bertz CT molecular complexity index is 1190. The maximum atomic E-state index is 14.3. The molecule has 4 fully saturated rings. The number of fused-ring (bicyclic) bond motifs is 1. The Balaban J connectivity index is 1.56. The van der Waals surface area contributed by atoms with Crippen LogP contribution < -0.4 is 0 Å². The normalized spacial score (nSPS) is 44.7. The summed E-state index contributed by atoms with van der Waals surface area (Å²) in [4.78, 5) is 28.3. The number of hydrogen-bond donors (Lipinski definition) is 1. The fourth-order valence-electron chi connectivity index (χ4n) is 6.96. The van der Waals surface area contributed by atoms with Crippen LogP contribution in [0.3, 0.4) is 0 Å². The molecule has 0 aromatic heterocycles. The molecule has 0 unspecified atom stereocenters. The van der Waals surface area contributed by atoms with Crippen LogP contribution in [0.1, 0.15) is 46.5 Å². The number of carbonyl (C=O) groups excluding carboxylic acids is 2. The highest BCUT2D eigenvalue weighted by atomic mass is 28.4. The van der Waals surface area contributed by atoms with Gasteiger partial charge >= 0.3 is 5.97 Å². The summed E-state index contributed by atoms with van der Waals surface area (Å²) in [6, 6.07) is 9.52. The molecule has 3 saturated heterocycles. The number of hydrogen-bond acceptors (Lipinski definition) is 8. The molecule has 1 saturated carbocycles. The fourth-order valence-corrected chi connectivity index (χ4v) is 8.26. The van der Waals surface area contributed by atoms with Crippen molar-refractivity contribution >= 4 is 20.1 Å². The second-order valence-corrected chi connectivity index (χ2v) is 17.7. The third kappa shape index (κ3) is 2.96. The first-order chi connectivity index (χ1) is 17.2. The lowest BCUT2D eigenvalue weighted by molar-refractivity contribution is -0.270. The topological polar surface area (TPSA) is 101 Å². The SMILES string of the molecule is CC1=C[C@@H]2OC(=O)[C@@]3(C(=O)[C@H](O)[C@@H]4[C@H]5O[C@H](c6ccccc6)OC[C@]4(C)O[C@]153)[C@H]2O[Si](C)(C)C(C)(C)C. The quantitative estimate of drug-likeness (QED) is 0.276. The van der Waals surface area contributed by atoms with Crippen molar-refractivity contribution < 1.29 is 38.1 Å². The molecule has 1 N–H and O–H groups in total. The first kappa shape index (κ1) is 25.4. The van der Waals surface area contributed by atoms with Crippen LogP contribution in [0.15, 0.2) is 42.0 Å². The highest BCUT2D eigenvalue weighted by Gasteiger charge is 2.88. The summed E-state index contributed by atoms with van der Waals surface area (Å²) in [5.74, 6) is -2.06. The molecule has 37 heavy (non-hydrogen) atoms.